The van der Waals surface area contributed by atoms with Crippen molar-refractivity contribution in [3.63, 3.8) is 0 Å². The summed E-state index contributed by atoms with van der Waals surface area (Å²) < 4.78 is 0. The van der Waals surface area contributed by atoms with Gasteiger partial charge in [0.15, 0.2) is 0 Å². The van der Waals surface area contributed by atoms with Crippen molar-refractivity contribution in [2.24, 2.45) is 0 Å². The minimum Gasteiger partial charge on any atom is -0.370 e. The second-order valence-electron chi connectivity index (χ2n) is 5.48. The Labute approximate surface area is 109 Å². The van der Waals surface area contributed by atoms with Gasteiger partial charge < -0.3 is 10.2 Å². The van der Waals surface area contributed by atoms with E-state index in [1.54, 1.807) is 0 Å². The number of hydrogen-bond donors (Lipinski definition) is 1. The largest absolute Gasteiger partial charge is 0.370 e. The topological polar surface area (TPSA) is 15.3 Å². The van der Waals surface area contributed by atoms with Gasteiger partial charge >= 0.3 is 0 Å². The van der Waals surface area contributed by atoms with Crippen LogP contribution in [0.4, 0.5) is 5.69 Å². The molecule has 0 bridgehead atoms. The van der Waals surface area contributed by atoms with E-state index in [2.05, 4.69) is 42.3 Å². The standard InChI is InChI=1S/C14H21ClN2/c1-11-4-5-12(10-13(11)15)17-8-6-14(2,3)16-7-9-17/h4-5,10,16H,6-9H2,1-3H3. The predicted octanol–water partition coefficient (Wildman–Crippen LogP) is 3.23. The highest BCUT2D eigenvalue weighted by atomic mass is 35.5. The highest BCUT2D eigenvalue weighted by molar-refractivity contribution is 6.31. The number of halogens is 1. The van der Waals surface area contributed by atoms with Crippen LogP contribution < -0.4 is 10.2 Å². The molecule has 0 atom stereocenters. The summed E-state index contributed by atoms with van der Waals surface area (Å²) in [7, 11) is 0. The van der Waals surface area contributed by atoms with Gasteiger partial charge in [0.1, 0.15) is 0 Å². The molecule has 94 valence electrons. The number of rotatable bonds is 1. The van der Waals surface area contributed by atoms with E-state index in [1.807, 2.05) is 6.92 Å². The van der Waals surface area contributed by atoms with Gasteiger partial charge in [0.25, 0.3) is 0 Å². The molecule has 0 unspecified atom stereocenters. The summed E-state index contributed by atoms with van der Waals surface area (Å²) in [5.41, 5.74) is 2.62. The summed E-state index contributed by atoms with van der Waals surface area (Å²) in [6.45, 7) is 9.72. The number of nitrogens with one attached hydrogen (secondary N) is 1. The predicted molar refractivity (Wildman–Crippen MR) is 75.1 cm³/mol. The summed E-state index contributed by atoms with van der Waals surface area (Å²) in [4.78, 5) is 2.41. The third-order valence-corrected chi connectivity index (χ3v) is 3.92. The highest BCUT2D eigenvalue weighted by Crippen LogP contribution is 2.25. The molecular weight excluding hydrogens is 232 g/mol. The van der Waals surface area contributed by atoms with Crippen LogP contribution in [0.1, 0.15) is 25.8 Å². The number of aryl methyl sites for hydroxylation is 1. The van der Waals surface area contributed by atoms with E-state index in [9.17, 15) is 0 Å². The van der Waals surface area contributed by atoms with Gasteiger partial charge in [-0.25, -0.2) is 0 Å². The molecule has 1 aliphatic rings. The van der Waals surface area contributed by atoms with Crippen molar-refractivity contribution in [1.29, 1.82) is 0 Å². The Morgan fingerprint density at radius 3 is 2.76 bits per heavy atom. The summed E-state index contributed by atoms with van der Waals surface area (Å²) in [6, 6.07) is 6.34. The van der Waals surface area contributed by atoms with Gasteiger partial charge in [0, 0.05) is 35.9 Å². The molecule has 1 heterocycles. The van der Waals surface area contributed by atoms with Crippen LogP contribution in [0.25, 0.3) is 0 Å². The molecule has 0 radical (unpaired) electrons. The van der Waals surface area contributed by atoms with Crippen molar-refractivity contribution < 1.29 is 0 Å². The molecular formula is C14H21ClN2. The second-order valence-corrected chi connectivity index (χ2v) is 5.89. The lowest BCUT2D eigenvalue weighted by molar-refractivity contribution is 0.394. The molecule has 1 fully saturated rings. The minimum atomic E-state index is 0.239. The van der Waals surface area contributed by atoms with Crippen molar-refractivity contribution in [2.45, 2.75) is 32.7 Å². The summed E-state index contributed by atoms with van der Waals surface area (Å²) in [5, 5.41) is 4.43. The van der Waals surface area contributed by atoms with Gasteiger partial charge in [-0.3, -0.25) is 0 Å². The molecule has 0 spiro atoms. The SMILES string of the molecule is Cc1ccc(N2CCNC(C)(C)CC2)cc1Cl. The number of nitrogens with zero attached hydrogens (tertiary/aromatic N) is 1. The summed E-state index contributed by atoms with van der Waals surface area (Å²) >= 11 is 6.19. The highest BCUT2D eigenvalue weighted by Gasteiger charge is 2.22. The van der Waals surface area contributed by atoms with Gasteiger partial charge in [-0.05, 0) is 44.9 Å². The maximum Gasteiger partial charge on any atom is 0.0455 e. The number of anilines is 1. The first-order valence-corrected chi connectivity index (χ1v) is 6.62. The van der Waals surface area contributed by atoms with Crippen LogP contribution in [-0.2, 0) is 0 Å². The van der Waals surface area contributed by atoms with Crippen molar-refractivity contribution in [3.8, 4) is 0 Å². The van der Waals surface area contributed by atoms with Crippen LogP contribution in [0.3, 0.4) is 0 Å². The van der Waals surface area contributed by atoms with E-state index in [0.29, 0.717) is 0 Å². The molecule has 0 amide bonds. The van der Waals surface area contributed by atoms with Crippen molar-refractivity contribution in [3.05, 3.63) is 28.8 Å². The molecule has 2 nitrogen and oxygen atoms in total. The van der Waals surface area contributed by atoms with Gasteiger partial charge in [-0.1, -0.05) is 17.7 Å². The van der Waals surface area contributed by atoms with Gasteiger partial charge in [-0.2, -0.15) is 0 Å². The molecule has 1 aromatic carbocycles. The Morgan fingerprint density at radius 1 is 1.29 bits per heavy atom. The van der Waals surface area contributed by atoms with Crippen LogP contribution in [0.15, 0.2) is 18.2 Å². The third-order valence-electron chi connectivity index (χ3n) is 3.51. The lowest BCUT2D eigenvalue weighted by Gasteiger charge is -2.25. The third kappa shape index (κ3) is 3.14. The maximum absolute atomic E-state index is 6.19. The smallest absolute Gasteiger partial charge is 0.0455 e. The average molecular weight is 253 g/mol. The van der Waals surface area contributed by atoms with Crippen LogP contribution in [0, 0.1) is 6.92 Å². The van der Waals surface area contributed by atoms with Crippen LogP contribution in [0.5, 0.6) is 0 Å². The fourth-order valence-corrected chi connectivity index (χ4v) is 2.36. The molecule has 3 heteroatoms. The Bertz CT molecular complexity index is 401. The molecule has 1 aliphatic heterocycles. The van der Waals surface area contributed by atoms with Crippen LogP contribution in [-0.4, -0.2) is 25.2 Å². The van der Waals surface area contributed by atoms with E-state index in [4.69, 9.17) is 11.6 Å². The lowest BCUT2D eigenvalue weighted by Crippen LogP contribution is -2.39. The Hall–Kier alpha value is -0.730. The van der Waals surface area contributed by atoms with E-state index in [0.717, 1.165) is 36.6 Å². The zero-order valence-corrected chi connectivity index (χ0v) is 11.6. The van der Waals surface area contributed by atoms with Gasteiger partial charge in [0.2, 0.25) is 0 Å². The zero-order chi connectivity index (χ0) is 12.5. The van der Waals surface area contributed by atoms with Crippen molar-refractivity contribution >= 4 is 17.3 Å². The molecule has 0 aliphatic carbocycles. The van der Waals surface area contributed by atoms with E-state index < -0.39 is 0 Å². The first-order chi connectivity index (χ1) is 7.98. The first kappa shape index (κ1) is 12.7. The molecule has 2 rings (SSSR count). The first-order valence-electron chi connectivity index (χ1n) is 6.24. The monoisotopic (exact) mass is 252 g/mol. The van der Waals surface area contributed by atoms with Crippen LogP contribution >= 0.6 is 11.6 Å². The molecule has 0 aromatic heterocycles. The lowest BCUT2D eigenvalue weighted by atomic mass is 10.0. The Morgan fingerprint density at radius 2 is 2.06 bits per heavy atom. The number of benzene rings is 1. The van der Waals surface area contributed by atoms with Crippen LogP contribution in [0.2, 0.25) is 5.02 Å². The summed E-state index contributed by atoms with van der Waals surface area (Å²) in [6.07, 6.45) is 1.15. The normalized spacial score (nSPS) is 20.1. The molecule has 17 heavy (non-hydrogen) atoms. The number of hydrogen-bond acceptors (Lipinski definition) is 2. The van der Waals surface area contributed by atoms with Crippen molar-refractivity contribution in [1.82, 2.24) is 5.32 Å². The van der Waals surface area contributed by atoms with Crippen molar-refractivity contribution in [2.75, 3.05) is 24.5 Å². The molecule has 1 aromatic rings. The molecule has 1 N–H and O–H groups in total. The second kappa shape index (κ2) is 4.87. The van der Waals surface area contributed by atoms with E-state index in [-0.39, 0.29) is 5.54 Å². The van der Waals surface area contributed by atoms with Gasteiger partial charge in [0.05, 0.1) is 0 Å². The minimum absolute atomic E-state index is 0.239. The quantitative estimate of drug-likeness (QED) is 0.826. The molecule has 1 saturated heterocycles. The average Bonchev–Trinajstić information content (AvgIpc) is 2.44. The Kier molecular flexibility index (Phi) is 3.64. The van der Waals surface area contributed by atoms with E-state index in [1.165, 1.54) is 5.69 Å². The van der Waals surface area contributed by atoms with E-state index >= 15 is 0 Å². The fraction of sp³-hybridized carbons (Fsp3) is 0.571. The molecule has 0 saturated carbocycles. The summed E-state index contributed by atoms with van der Waals surface area (Å²) in [5.74, 6) is 0. The Balaban J connectivity index is 2.14. The maximum atomic E-state index is 6.19. The zero-order valence-electron chi connectivity index (χ0n) is 10.9. The fourth-order valence-electron chi connectivity index (χ4n) is 2.18. The van der Waals surface area contributed by atoms with Gasteiger partial charge in [-0.15, -0.1) is 0 Å².